The van der Waals surface area contributed by atoms with Gasteiger partial charge in [-0.2, -0.15) is 5.26 Å². The zero-order chi connectivity index (χ0) is 6.69. The third-order valence-corrected chi connectivity index (χ3v) is 1.17. The minimum Gasteiger partial charge on any atom is -0.384 e. The van der Waals surface area contributed by atoms with Gasteiger partial charge in [0.1, 0.15) is 5.92 Å². The highest BCUT2D eigenvalue weighted by atomic mass is 16.1. The number of ketones is 1. The van der Waals surface area contributed by atoms with E-state index in [9.17, 15) is 4.79 Å². The van der Waals surface area contributed by atoms with Crippen LogP contribution in [-0.4, -0.2) is 12.3 Å². The Labute approximate surface area is 53.0 Å². The molecular formula is C6H6N2O. The topological polar surface area (TPSA) is 52.9 Å². The Hall–Kier alpha value is -1.30. The summed E-state index contributed by atoms with van der Waals surface area (Å²) in [7, 11) is 0. The van der Waals surface area contributed by atoms with Gasteiger partial charge in [0.2, 0.25) is 0 Å². The van der Waals surface area contributed by atoms with Crippen LogP contribution in [0.5, 0.6) is 0 Å². The van der Waals surface area contributed by atoms with Crippen LogP contribution in [0.2, 0.25) is 0 Å². The largest absolute Gasteiger partial charge is 0.384 e. The molecule has 1 unspecified atom stereocenters. The zero-order valence-electron chi connectivity index (χ0n) is 4.79. The molecule has 0 bridgehead atoms. The number of Topliss-reactive ketones (excluding diaryl/α,β-unsaturated/α-hetero) is 1. The predicted octanol–water partition coefficient (Wildman–Crippen LogP) is -0.188. The molecule has 0 radical (unpaired) electrons. The van der Waals surface area contributed by atoms with Gasteiger partial charge >= 0.3 is 0 Å². The van der Waals surface area contributed by atoms with E-state index >= 15 is 0 Å². The molecule has 1 heterocycles. The van der Waals surface area contributed by atoms with Crippen LogP contribution in [0.25, 0.3) is 0 Å². The summed E-state index contributed by atoms with van der Waals surface area (Å²) in [4.78, 5) is 10.7. The average Bonchev–Trinajstić information content (AvgIpc) is 1.89. The van der Waals surface area contributed by atoms with Crippen molar-refractivity contribution in [3.05, 3.63) is 12.3 Å². The van der Waals surface area contributed by atoms with Crippen molar-refractivity contribution in [2.24, 2.45) is 5.92 Å². The van der Waals surface area contributed by atoms with Crippen molar-refractivity contribution in [1.29, 1.82) is 5.26 Å². The summed E-state index contributed by atoms with van der Waals surface area (Å²) in [6.45, 7) is 0.286. The fraction of sp³-hybridized carbons (Fsp3) is 0.333. The van der Waals surface area contributed by atoms with E-state index in [0.29, 0.717) is 0 Å². The maximum atomic E-state index is 10.7. The molecule has 0 fully saturated rings. The molecule has 3 nitrogen and oxygen atoms in total. The molecule has 0 saturated heterocycles. The van der Waals surface area contributed by atoms with Gasteiger partial charge in [-0.15, -0.1) is 0 Å². The van der Waals surface area contributed by atoms with Crippen LogP contribution in [0, 0.1) is 17.2 Å². The number of nitriles is 1. The normalized spacial score (nSPS) is 24.8. The Morgan fingerprint density at radius 1 is 1.89 bits per heavy atom. The molecule has 1 N–H and O–H groups in total. The molecule has 3 heteroatoms. The Morgan fingerprint density at radius 3 is 3.11 bits per heavy atom. The molecule has 0 spiro atoms. The zero-order valence-corrected chi connectivity index (χ0v) is 4.79. The highest BCUT2D eigenvalue weighted by molar-refractivity contribution is 5.87. The molecule has 1 aliphatic rings. The number of nitrogens with zero attached hydrogens (tertiary/aromatic N) is 1. The van der Waals surface area contributed by atoms with Crippen LogP contribution in [-0.2, 0) is 4.79 Å². The van der Waals surface area contributed by atoms with E-state index in [1.807, 2.05) is 6.07 Å². The molecule has 0 aromatic heterocycles. The van der Waals surface area contributed by atoms with Crippen LogP contribution < -0.4 is 5.32 Å². The van der Waals surface area contributed by atoms with Gasteiger partial charge in [-0.05, 0) is 12.3 Å². The number of allylic oxidation sites excluding steroid dienone is 1. The molecular weight excluding hydrogens is 116 g/mol. The summed E-state index contributed by atoms with van der Waals surface area (Å²) in [6.07, 6.45) is 3.20. The number of nitrogens with one attached hydrogen (secondary N) is 1. The van der Waals surface area contributed by atoms with Crippen LogP contribution >= 0.6 is 0 Å². The van der Waals surface area contributed by atoms with Crippen LogP contribution in [0.1, 0.15) is 0 Å². The molecule has 0 aliphatic carbocycles. The fourth-order valence-corrected chi connectivity index (χ4v) is 0.656. The SMILES string of the molecule is N#CC1C=CNCC1=O. The lowest BCUT2D eigenvalue weighted by molar-refractivity contribution is -0.119. The monoisotopic (exact) mass is 122 g/mol. The summed E-state index contributed by atoms with van der Waals surface area (Å²) in [5.41, 5.74) is 0. The number of carbonyl (C=O) groups excluding carboxylic acids is 1. The van der Waals surface area contributed by atoms with E-state index in [2.05, 4.69) is 5.32 Å². The van der Waals surface area contributed by atoms with Crippen molar-refractivity contribution < 1.29 is 4.79 Å². The summed E-state index contributed by atoms with van der Waals surface area (Å²) >= 11 is 0. The molecule has 1 aliphatic heterocycles. The number of carbonyl (C=O) groups is 1. The first-order chi connectivity index (χ1) is 4.34. The third-order valence-electron chi connectivity index (χ3n) is 1.17. The van der Waals surface area contributed by atoms with Gasteiger partial charge < -0.3 is 5.32 Å². The van der Waals surface area contributed by atoms with Crippen molar-refractivity contribution in [1.82, 2.24) is 5.32 Å². The maximum absolute atomic E-state index is 10.7. The number of hydrogen-bond acceptors (Lipinski definition) is 3. The van der Waals surface area contributed by atoms with E-state index in [1.165, 1.54) is 0 Å². The molecule has 0 aromatic carbocycles. The van der Waals surface area contributed by atoms with Crippen LogP contribution in [0.4, 0.5) is 0 Å². The van der Waals surface area contributed by atoms with E-state index in [1.54, 1.807) is 12.3 Å². The molecule has 9 heavy (non-hydrogen) atoms. The van der Waals surface area contributed by atoms with Gasteiger partial charge in [0.05, 0.1) is 12.6 Å². The molecule has 0 amide bonds. The smallest absolute Gasteiger partial charge is 0.172 e. The summed E-state index contributed by atoms with van der Waals surface area (Å²) < 4.78 is 0. The van der Waals surface area contributed by atoms with Crippen molar-refractivity contribution in [2.75, 3.05) is 6.54 Å². The van der Waals surface area contributed by atoms with E-state index in [-0.39, 0.29) is 12.3 Å². The van der Waals surface area contributed by atoms with Gasteiger partial charge in [0, 0.05) is 0 Å². The lowest BCUT2D eigenvalue weighted by Gasteiger charge is -2.07. The first kappa shape index (κ1) is 5.83. The minimum absolute atomic E-state index is 0.0556. The second-order valence-corrected chi connectivity index (χ2v) is 1.81. The lowest BCUT2D eigenvalue weighted by Crippen LogP contribution is -2.27. The van der Waals surface area contributed by atoms with E-state index < -0.39 is 5.92 Å². The second-order valence-electron chi connectivity index (χ2n) is 1.81. The van der Waals surface area contributed by atoms with E-state index in [4.69, 9.17) is 5.26 Å². The lowest BCUT2D eigenvalue weighted by atomic mass is 10.0. The second kappa shape index (κ2) is 2.31. The number of rotatable bonds is 0. The minimum atomic E-state index is -0.522. The Bertz CT molecular complexity index is 190. The molecule has 0 saturated carbocycles. The molecule has 1 rings (SSSR count). The van der Waals surface area contributed by atoms with Crippen molar-refractivity contribution in [3.8, 4) is 6.07 Å². The standard InChI is InChI=1S/C6H6N2O/c7-3-5-1-2-8-4-6(5)9/h1-2,5,8H,4H2. The average molecular weight is 122 g/mol. The first-order valence-corrected chi connectivity index (χ1v) is 2.67. The van der Waals surface area contributed by atoms with Crippen LogP contribution in [0.15, 0.2) is 12.3 Å². The molecule has 46 valence electrons. The fourth-order valence-electron chi connectivity index (χ4n) is 0.656. The highest BCUT2D eigenvalue weighted by Crippen LogP contribution is 2.00. The van der Waals surface area contributed by atoms with E-state index in [0.717, 1.165) is 0 Å². The number of hydrogen-bond donors (Lipinski definition) is 1. The Kier molecular flexibility index (Phi) is 1.50. The third kappa shape index (κ3) is 1.08. The maximum Gasteiger partial charge on any atom is 0.172 e. The van der Waals surface area contributed by atoms with Crippen LogP contribution in [0.3, 0.4) is 0 Å². The first-order valence-electron chi connectivity index (χ1n) is 2.67. The van der Waals surface area contributed by atoms with Gasteiger partial charge in [-0.3, -0.25) is 4.79 Å². The molecule has 0 aromatic rings. The van der Waals surface area contributed by atoms with Gasteiger partial charge in [-0.1, -0.05) is 0 Å². The predicted molar refractivity (Wildman–Crippen MR) is 31.3 cm³/mol. The Morgan fingerprint density at radius 2 is 2.67 bits per heavy atom. The van der Waals surface area contributed by atoms with Gasteiger partial charge in [0.15, 0.2) is 5.78 Å². The van der Waals surface area contributed by atoms with Crippen molar-refractivity contribution in [2.45, 2.75) is 0 Å². The van der Waals surface area contributed by atoms with Gasteiger partial charge in [-0.25, -0.2) is 0 Å². The van der Waals surface area contributed by atoms with Crippen molar-refractivity contribution in [3.63, 3.8) is 0 Å². The molecule has 1 atom stereocenters. The van der Waals surface area contributed by atoms with Crippen molar-refractivity contribution >= 4 is 5.78 Å². The Balaban J connectivity index is 2.71. The highest BCUT2D eigenvalue weighted by Gasteiger charge is 2.15. The van der Waals surface area contributed by atoms with Gasteiger partial charge in [0.25, 0.3) is 0 Å². The summed E-state index contributed by atoms with van der Waals surface area (Å²) in [5.74, 6) is -0.578. The summed E-state index contributed by atoms with van der Waals surface area (Å²) in [6, 6.07) is 1.88. The summed E-state index contributed by atoms with van der Waals surface area (Å²) in [5, 5.41) is 11.0. The quantitative estimate of drug-likeness (QED) is 0.484.